The normalized spacial score (nSPS) is 11.7. The second-order valence-corrected chi connectivity index (χ2v) is 5.19. The van der Waals surface area contributed by atoms with Crippen molar-refractivity contribution in [2.45, 2.75) is 4.58 Å². The molecule has 0 atom stereocenters. The van der Waals surface area contributed by atoms with Gasteiger partial charge in [0.1, 0.15) is 20.2 Å². The summed E-state index contributed by atoms with van der Waals surface area (Å²) < 4.78 is 57.8. The molecule has 0 aliphatic rings. The maximum Gasteiger partial charge on any atom is 1.00 e. The zero-order chi connectivity index (χ0) is 9.99. The molecule has 0 aliphatic carbocycles. The van der Waals surface area contributed by atoms with E-state index in [2.05, 4.69) is 0 Å². The Morgan fingerprint density at radius 3 is 1.43 bits per heavy atom. The topological polar surface area (TPSA) is 147 Å². The molecule has 0 amide bonds. The number of hydrogen-bond acceptors (Lipinski definition) is 8. The third kappa shape index (κ3) is 7.96. The van der Waals surface area contributed by atoms with E-state index in [9.17, 15) is 25.9 Å². The van der Waals surface area contributed by atoms with Gasteiger partial charge in [0.15, 0.2) is 4.58 Å². The van der Waals surface area contributed by atoms with Crippen molar-refractivity contribution in [1.29, 1.82) is 0 Å². The molecule has 0 bridgehead atoms. The van der Waals surface area contributed by atoms with Gasteiger partial charge in [0.2, 0.25) is 0 Å². The van der Waals surface area contributed by atoms with Crippen molar-refractivity contribution >= 4 is 20.2 Å². The van der Waals surface area contributed by atoms with Crippen molar-refractivity contribution in [2.75, 3.05) is 6.54 Å². The van der Waals surface area contributed by atoms with Crippen molar-refractivity contribution in [3.05, 3.63) is 0 Å². The van der Waals surface area contributed by atoms with Crippen LogP contribution >= 0.6 is 0 Å². The molecule has 0 fully saturated rings. The quantitative estimate of drug-likeness (QED) is 0.289. The largest absolute Gasteiger partial charge is 1.00 e. The van der Waals surface area contributed by atoms with Gasteiger partial charge in [-0.15, -0.1) is 0 Å². The molecule has 12 heteroatoms. The Labute approximate surface area is 125 Å². The average molecular weight is 265 g/mol. The van der Waals surface area contributed by atoms with Crippen molar-refractivity contribution < 1.29 is 90.3 Å². The van der Waals surface area contributed by atoms with E-state index in [1.807, 2.05) is 0 Å². The van der Waals surface area contributed by atoms with Gasteiger partial charge in [0.25, 0.3) is 0 Å². The third-order valence-corrected chi connectivity index (χ3v) is 3.94. The summed E-state index contributed by atoms with van der Waals surface area (Å²) >= 11 is 0. The first kappa shape index (κ1) is 21.1. The first-order valence-electron chi connectivity index (χ1n) is 2.46. The SMILES string of the molecule is O=S(=O)([O-])C(CNO)S(=O)(=O)[O-].[Na+].[Na+]. The van der Waals surface area contributed by atoms with Gasteiger partial charge in [-0.25, -0.2) is 22.3 Å². The Morgan fingerprint density at radius 1 is 1.07 bits per heavy atom. The summed E-state index contributed by atoms with van der Waals surface area (Å²) in [7, 11) is -10.5. The van der Waals surface area contributed by atoms with Crippen LogP contribution in [0, 0.1) is 0 Å². The van der Waals surface area contributed by atoms with Gasteiger partial charge in [0.05, 0.1) is 0 Å². The number of hydroxylamine groups is 1. The summed E-state index contributed by atoms with van der Waals surface area (Å²) in [4.78, 5) is 0. The maximum absolute atomic E-state index is 10.1. The molecule has 0 rings (SSSR count). The van der Waals surface area contributed by atoms with Crippen molar-refractivity contribution in [2.24, 2.45) is 0 Å². The van der Waals surface area contributed by atoms with Gasteiger partial charge in [0, 0.05) is 6.54 Å². The van der Waals surface area contributed by atoms with E-state index >= 15 is 0 Å². The second-order valence-electron chi connectivity index (χ2n) is 1.78. The molecule has 74 valence electrons. The Balaban J connectivity index is -0.000000605. The summed E-state index contributed by atoms with van der Waals surface area (Å²) in [6.07, 6.45) is 0. The summed E-state index contributed by atoms with van der Waals surface area (Å²) in [6, 6.07) is 0. The van der Waals surface area contributed by atoms with Crippen LogP contribution in [0.1, 0.15) is 0 Å². The van der Waals surface area contributed by atoms with E-state index in [0.717, 1.165) is 5.48 Å². The Morgan fingerprint density at radius 2 is 1.36 bits per heavy atom. The fourth-order valence-electron chi connectivity index (χ4n) is 0.423. The van der Waals surface area contributed by atoms with E-state index < -0.39 is 31.4 Å². The fourth-order valence-corrected chi connectivity index (χ4v) is 2.14. The molecule has 8 nitrogen and oxygen atoms in total. The molecule has 14 heavy (non-hydrogen) atoms. The zero-order valence-corrected chi connectivity index (χ0v) is 13.1. The van der Waals surface area contributed by atoms with Gasteiger partial charge in [-0.05, 0) is 0 Å². The van der Waals surface area contributed by atoms with Crippen molar-refractivity contribution in [3.63, 3.8) is 0 Å². The van der Waals surface area contributed by atoms with E-state index in [-0.39, 0.29) is 59.1 Å². The van der Waals surface area contributed by atoms with Gasteiger partial charge < -0.3 is 14.3 Å². The molecule has 0 saturated carbocycles. The minimum absolute atomic E-state index is 0. The van der Waals surface area contributed by atoms with Crippen LogP contribution in [0.25, 0.3) is 0 Å². The molecule has 2 N–H and O–H groups in total. The van der Waals surface area contributed by atoms with Crippen LogP contribution in [0.3, 0.4) is 0 Å². The molecule has 0 radical (unpaired) electrons. The van der Waals surface area contributed by atoms with Gasteiger partial charge in [-0.2, -0.15) is 0 Å². The van der Waals surface area contributed by atoms with Gasteiger partial charge in [-0.1, -0.05) is 0 Å². The fraction of sp³-hybridized carbons (Fsp3) is 1.00. The van der Waals surface area contributed by atoms with E-state index in [0.29, 0.717) is 0 Å². The standard InChI is InChI=1S/C2H7NO7S2.2Na/c4-3-1-2(11(5,6)7)12(8,9)10;;/h2-4H,1H2,(H,5,6,7)(H,8,9,10);;/q;2*+1/p-2. The predicted molar refractivity (Wildman–Crippen MR) is 33.0 cm³/mol. The Bertz CT molecular complexity index is 303. The summed E-state index contributed by atoms with van der Waals surface area (Å²) in [5.74, 6) is 0. The average Bonchev–Trinajstić information content (AvgIpc) is 1.77. The van der Waals surface area contributed by atoms with Crippen LogP contribution in [0.2, 0.25) is 0 Å². The molecule has 0 aromatic rings. The second kappa shape index (κ2) is 7.92. The predicted octanol–water partition coefficient (Wildman–Crippen LogP) is -8.61. The molecule has 0 aliphatic heterocycles. The maximum atomic E-state index is 10.1. The number of nitrogens with one attached hydrogen (secondary N) is 1. The zero-order valence-electron chi connectivity index (χ0n) is 7.50. The summed E-state index contributed by atoms with van der Waals surface area (Å²) in [5, 5.41) is 7.91. The molecule has 0 aromatic carbocycles. The van der Waals surface area contributed by atoms with E-state index in [1.165, 1.54) is 0 Å². The molecule has 0 heterocycles. The number of rotatable bonds is 4. The monoisotopic (exact) mass is 265 g/mol. The first-order chi connectivity index (χ1) is 5.19. The van der Waals surface area contributed by atoms with Gasteiger partial charge in [-0.3, -0.25) is 0 Å². The minimum atomic E-state index is -5.26. The van der Waals surface area contributed by atoms with Gasteiger partial charge >= 0.3 is 59.1 Å². The van der Waals surface area contributed by atoms with Crippen molar-refractivity contribution in [3.8, 4) is 0 Å². The smallest absolute Gasteiger partial charge is 0.747 e. The minimum Gasteiger partial charge on any atom is -0.747 e. The number of hydrogen-bond donors (Lipinski definition) is 2. The first-order valence-corrected chi connectivity index (χ1v) is 5.40. The van der Waals surface area contributed by atoms with E-state index in [1.54, 1.807) is 0 Å². The summed E-state index contributed by atoms with van der Waals surface area (Å²) in [5.41, 5.74) is 1.12. The third-order valence-electron chi connectivity index (χ3n) is 0.902. The summed E-state index contributed by atoms with van der Waals surface area (Å²) in [6.45, 7) is -1.14. The van der Waals surface area contributed by atoms with Crippen molar-refractivity contribution in [1.82, 2.24) is 5.48 Å². The van der Waals surface area contributed by atoms with E-state index in [4.69, 9.17) is 5.21 Å². The molecule has 0 aromatic heterocycles. The van der Waals surface area contributed by atoms with Crippen LogP contribution in [-0.2, 0) is 20.2 Å². The Hall–Kier alpha value is 1.74. The van der Waals surface area contributed by atoms with Crippen LogP contribution in [0.5, 0.6) is 0 Å². The molecule has 0 saturated heterocycles. The molecule has 0 spiro atoms. The molecule has 0 unspecified atom stereocenters. The van der Waals surface area contributed by atoms with Crippen LogP contribution in [0.4, 0.5) is 0 Å². The molecular formula is C2H5NNa2O7S2. The molecular weight excluding hydrogens is 260 g/mol. The van der Waals surface area contributed by atoms with Crippen LogP contribution in [-0.4, -0.2) is 42.3 Å². The van der Waals surface area contributed by atoms with Crippen LogP contribution in [0.15, 0.2) is 0 Å². The Kier molecular flexibility index (Phi) is 11.9. The van der Waals surface area contributed by atoms with Crippen LogP contribution < -0.4 is 64.6 Å².